The minimum absolute atomic E-state index is 0.00747. The fourth-order valence-electron chi connectivity index (χ4n) is 3.14. The lowest BCUT2D eigenvalue weighted by Crippen LogP contribution is -2.24. The maximum absolute atomic E-state index is 14.8. The van der Waals surface area contributed by atoms with Crippen molar-refractivity contribution in [3.05, 3.63) is 11.5 Å². The number of imidazole rings is 1. The summed E-state index contributed by atoms with van der Waals surface area (Å²) < 4.78 is 46.9. The quantitative estimate of drug-likeness (QED) is 0.480. The molecule has 1 aliphatic heterocycles. The molecule has 1 aliphatic rings. The van der Waals surface area contributed by atoms with Crippen LogP contribution in [0.2, 0.25) is 5.15 Å². The molecule has 0 aromatic carbocycles. The van der Waals surface area contributed by atoms with Crippen molar-refractivity contribution < 1.29 is 23.0 Å². The molecule has 2 aromatic rings. The molecule has 9 nitrogen and oxygen atoms in total. The zero-order chi connectivity index (χ0) is 21.3. The van der Waals surface area contributed by atoms with E-state index in [1.165, 1.54) is 6.33 Å². The summed E-state index contributed by atoms with van der Waals surface area (Å²) in [5, 5.41) is 0.119. The normalized spacial score (nSPS) is 24.6. The topological polar surface area (TPSA) is 114 Å². The molecule has 12 heteroatoms. The number of nitrogen functional groups attached to an aromatic ring is 1. The Kier molecular flexibility index (Phi) is 6.80. The summed E-state index contributed by atoms with van der Waals surface area (Å²) in [6.45, 7) is 7.31. The van der Waals surface area contributed by atoms with Gasteiger partial charge in [0.2, 0.25) is 5.95 Å². The third-order valence-electron chi connectivity index (χ3n) is 4.39. The van der Waals surface area contributed by atoms with Gasteiger partial charge in [-0.3, -0.25) is 4.57 Å². The number of rotatable bonds is 8. The fraction of sp³-hybridized carbons (Fsp3) is 0.706. The Morgan fingerprint density at radius 1 is 1.38 bits per heavy atom. The zero-order valence-corrected chi connectivity index (χ0v) is 18.4. The summed E-state index contributed by atoms with van der Waals surface area (Å²) in [5.74, 6) is -0.895. The Morgan fingerprint density at radius 3 is 2.76 bits per heavy atom. The summed E-state index contributed by atoms with van der Waals surface area (Å²) >= 11 is 6.03. The van der Waals surface area contributed by atoms with Gasteiger partial charge < -0.3 is 24.3 Å². The number of ether oxygens (including phenoxy) is 2. The summed E-state index contributed by atoms with van der Waals surface area (Å²) in [6.07, 6.45) is -1.33. The number of nitrogens with two attached hydrogens (primary N) is 1. The molecule has 29 heavy (non-hydrogen) atoms. The molecule has 0 saturated carbocycles. The van der Waals surface area contributed by atoms with Crippen LogP contribution in [0.3, 0.4) is 0 Å². The monoisotopic (exact) mass is 449 g/mol. The molecule has 2 N–H and O–H groups in total. The third kappa shape index (κ3) is 5.06. The van der Waals surface area contributed by atoms with Crippen molar-refractivity contribution in [1.29, 1.82) is 0 Å². The van der Waals surface area contributed by atoms with E-state index in [9.17, 15) is 8.96 Å². The Bertz CT molecular complexity index is 911. The van der Waals surface area contributed by atoms with Crippen molar-refractivity contribution in [3.63, 3.8) is 0 Å². The van der Waals surface area contributed by atoms with Gasteiger partial charge in [0.05, 0.1) is 25.1 Å². The van der Waals surface area contributed by atoms with E-state index in [4.69, 9.17) is 31.3 Å². The van der Waals surface area contributed by atoms with E-state index in [1.54, 1.807) is 18.4 Å². The molecule has 3 heterocycles. The minimum atomic E-state index is -3.38. The SMILES string of the molecule is CC(C)OCP(=O)(OC(C)C)[C@H]1C[C@@H](F)[C@@H](Cn2cnc3c(Cl)nc(N)nc32)O1. The molecule has 0 aliphatic carbocycles. The zero-order valence-electron chi connectivity index (χ0n) is 16.8. The van der Waals surface area contributed by atoms with Gasteiger partial charge in [-0.05, 0) is 27.7 Å². The highest BCUT2D eigenvalue weighted by molar-refractivity contribution is 7.59. The van der Waals surface area contributed by atoms with Crippen LogP contribution < -0.4 is 5.73 Å². The van der Waals surface area contributed by atoms with Gasteiger partial charge in [-0.15, -0.1) is 0 Å². The highest BCUT2D eigenvalue weighted by atomic mass is 35.5. The smallest absolute Gasteiger partial charge is 0.256 e. The van der Waals surface area contributed by atoms with E-state index in [0.717, 1.165) is 0 Å². The van der Waals surface area contributed by atoms with Crippen molar-refractivity contribution in [2.45, 2.75) is 71.0 Å². The van der Waals surface area contributed by atoms with E-state index in [-0.39, 0.29) is 42.6 Å². The van der Waals surface area contributed by atoms with E-state index < -0.39 is 25.5 Å². The van der Waals surface area contributed by atoms with Gasteiger partial charge in [0.25, 0.3) is 7.37 Å². The molecule has 1 fully saturated rings. The van der Waals surface area contributed by atoms with Gasteiger partial charge >= 0.3 is 0 Å². The van der Waals surface area contributed by atoms with Crippen LogP contribution in [0.5, 0.6) is 0 Å². The van der Waals surface area contributed by atoms with Crippen molar-refractivity contribution >= 4 is 36.1 Å². The van der Waals surface area contributed by atoms with E-state index in [2.05, 4.69) is 15.0 Å². The molecule has 0 bridgehead atoms. The maximum atomic E-state index is 14.8. The molecule has 3 rings (SSSR count). The fourth-order valence-corrected chi connectivity index (χ4v) is 5.81. The van der Waals surface area contributed by atoms with Crippen molar-refractivity contribution in [2.24, 2.45) is 0 Å². The second kappa shape index (κ2) is 8.81. The Morgan fingerprint density at radius 2 is 2.10 bits per heavy atom. The lowest BCUT2D eigenvalue weighted by molar-refractivity contribution is 0.0342. The predicted molar refractivity (Wildman–Crippen MR) is 108 cm³/mol. The molecule has 0 radical (unpaired) electrons. The van der Waals surface area contributed by atoms with E-state index in [1.807, 2.05) is 13.8 Å². The molecular formula is C17H26ClFN5O4P. The van der Waals surface area contributed by atoms with Crippen molar-refractivity contribution in [2.75, 3.05) is 12.1 Å². The molecule has 0 amide bonds. The van der Waals surface area contributed by atoms with Crippen molar-refractivity contribution in [1.82, 2.24) is 19.5 Å². The number of fused-ring (bicyclic) bond motifs is 1. The molecule has 1 unspecified atom stereocenters. The summed E-state index contributed by atoms with van der Waals surface area (Å²) in [7, 11) is -3.38. The van der Waals surface area contributed by atoms with Gasteiger partial charge in [0, 0.05) is 6.42 Å². The van der Waals surface area contributed by atoms with Crippen LogP contribution in [0.15, 0.2) is 6.33 Å². The van der Waals surface area contributed by atoms with Gasteiger partial charge in [-0.25, -0.2) is 9.37 Å². The second-order valence-corrected chi connectivity index (χ2v) is 10.4. The average molecular weight is 450 g/mol. The highest BCUT2D eigenvalue weighted by Gasteiger charge is 2.47. The largest absolute Gasteiger partial charge is 0.369 e. The number of anilines is 1. The molecule has 0 spiro atoms. The van der Waals surface area contributed by atoms with Crippen LogP contribution in [-0.4, -0.2) is 56.2 Å². The van der Waals surface area contributed by atoms with E-state index >= 15 is 0 Å². The molecule has 4 atom stereocenters. The van der Waals surface area contributed by atoms with Crippen LogP contribution in [0.25, 0.3) is 11.2 Å². The van der Waals surface area contributed by atoms with Gasteiger partial charge in [-0.2, -0.15) is 9.97 Å². The number of hydrogen-bond donors (Lipinski definition) is 1. The first kappa shape index (κ1) is 22.4. The summed E-state index contributed by atoms with van der Waals surface area (Å²) in [5.41, 5.74) is 6.40. The third-order valence-corrected chi connectivity index (χ3v) is 7.15. The molecular weight excluding hydrogens is 424 g/mol. The number of nitrogens with zero attached hydrogens (tertiary/aromatic N) is 4. The molecule has 1 saturated heterocycles. The highest BCUT2D eigenvalue weighted by Crippen LogP contribution is 2.57. The first-order valence-corrected chi connectivity index (χ1v) is 11.7. The van der Waals surface area contributed by atoms with Gasteiger partial charge in [0.1, 0.15) is 30.0 Å². The van der Waals surface area contributed by atoms with Crippen molar-refractivity contribution in [3.8, 4) is 0 Å². The van der Waals surface area contributed by atoms with Gasteiger partial charge in [0.15, 0.2) is 10.8 Å². The number of aromatic nitrogens is 4. The molecule has 2 aromatic heterocycles. The summed E-state index contributed by atoms with van der Waals surface area (Å²) in [6, 6.07) is 0. The number of hydrogen-bond acceptors (Lipinski definition) is 8. The number of alkyl halides is 1. The lowest BCUT2D eigenvalue weighted by Gasteiger charge is -2.27. The second-order valence-electron chi connectivity index (χ2n) is 7.55. The lowest BCUT2D eigenvalue weighted by atomic mass is 10.2. The Hall–Kier alpha value is -1.32. The van der Waals surface area contributed by atoms with E-state index in [0.29, 0.717) is 11.2 Å². The van der Waals surface area contributed by atoms with Gasteiger partial charge in [-0.1, -0.05) is 11.6 Å². The molecule has 162 valence electrons. The summed E-state index contributed by atoms with van der Waals surface area (Å²) in [4.78, 5) is 12.1. The van der Waals surface area contributed by atoms with Crippen LogP contribution >= 0.6 is 19.0 Å². The number of halogens is 2. The maximum Gasteiger partial charge on any atom is 0.256 e. The van der Waals surface area contributed by atoms with Crippen LogP contribution in [0, 0.1) is 0 Å². The first-order chi connectivity index (χ1) is 13.6. The Balaban J connectivity index is 1.78. The minimum Gasteiger partial charge on any atom is -0.369 e. The Labute approximate surface area is 173 Å². The van der Waals surface area contributed by atoms with Crippen LogP contribution in [0.1, 0.15) is 34.1 Å². The van der Waals surface area contributed by atoms with Crippen LogP contribution in [-0.2, 0) is 25.1 Å². The van der Waals surface area contributed by atoms with Crippen LogP contribution in [0.4, 0.5) is 10.3 Å². The standard InChI is InChI=1S/C17H26ClFN5O4P/c1-9(2)26-8-29(25,28-10(3)4)13-5-11(19)12(27-13)6-24-7-21-14-15(18)22-17(20)23-16(14)24/h7,9-13H,5-6,8H2,1-4H3,(H2,20,22,23)/t11-,12-,13+,29?/m1/s1. The average Bonchev–Trinajstić information content (AvgIpc) is 3.18. The predicted octanol–water partition coefficient (Wildman–Crippen LogP) is 3.60. The first-order valence-electron chi connectivity index (χ1n) is 9.41.